The number of carbonyl (C=O) groups is 1. The number of hydrogen-bond acceptors (Lipinski definition) is 3. The lowest BCUT2D eigenvalue weighted by Crippen LogP contribution is -2.34. The lowest BCUT2D eigenvalue weighted by molar-refractivity contribution is -0.118. The van der Waals surface area contributed by atoms with E-state index in [9.17, 15) is 15.2 Å². The first-order valence-electron chi connectivity index (χ1n) is 8.78. The van der Waals surface area contributed by atoms with Gasteiger partial charge >= 0.3 is 0 Å². The van der Waals surface area contributed by atoms with Crippen molar-refractivity contribution in [2.75, 3.05) is 0 Å². The summed E-state index contributed by atoms with van der Waals surface area (Å²) in [6, 6.07) is 31.2. The van der Waals surface area contributed by atoms with Crippen molar-refractivity contribution >= 4 is 29.1 Å². The monoisotopic (exact) mass is 387 g/mol. The van der Waals surface area contributed by atoms with Crippen LogP contribution in [0, 0.1) is 11.3 Å². The van der Waals surface area contributed by atoms with Gasteiger partial charge in [0, 0.05) is 6.92 Å². The first kappa shape index (κ1) is 19.4. The van der Waals surface area contributed by atoms with Crippen LogP contribution in [0.2, 0.25) is 0 Å². The highest BCUT2D eigenvalue weighted by Crippen LogP contribution is 2.62. The number of hydrogen-bond donors (Lipinski definition) is 2. The Kier molecular flexibility index (Phi) is 5.89. The molecule has 0 saturated carbocycles. The quantitative estimate of drug-likeness (QED) is 0.401. The standard InChI is InChI=1S/C23H19N2O2P/c1-18(26)25-23(27)22(17-24)28(19-11-5-2-6-12-19,20-13-7-3-8-14-20)21-15-9-4-10-16-21/h2-16H,1H3,(H-,25,26,27)/p+1/b23-22-. The maximum absolute atomic E-state index is 11.6. The van der Waals surface area contributed by atoms with Gasteiger partial charge in [-0.2, -0.15) is 5.26 Å². The number of aliphatic hydroxyl groups excluding tert-OH is 1. The SMILES string of the molecule is CC(=O)N/C(O)=C(\C#N)[P+](c1ccccc1)(c1ccccc1)c1ccccc1. The average Bonchev–Trinajstić information content (AvgIpc) is 2.73. The topological polar surface area (TPSA) is 73.1 Å². The van der Waals surface area contributed by atoms with Crippen molar-refractivity contribution in [2.45, 2.75) is 6.92 Å². The highest BCUT2D eigenvalue weighted by atomic mass is 31.2. The van der Waals surface area contributed by atoms with Crippen LogP contribution >= 0.6 is 7.26 Å². The van der Waals surface area contributed by atoms with Gasteiger partial charge < -0.3 is 5.11 Å². The molecule has 0 radical (unpaired) electrons. The predicted molar refractivity (Wildman–Crippen MR) is 114 cm³/mol. The Balaban J connectivity index is 2.48. The molecule has 0 fully saturated rings. The second-order valence-electron chi connectivity index (χ2n) is 6.17. The third-order valence-electron chi connectivity index (χ3n) is 4.39. The second-order valence-corrected chi connectivity index (χ2v) is 9.51. The predicted octanol–water partition coefficient (Wildman–Crippen LogP) is 3.37. The molecule has 0 aliphatic rings. The molecule has 3 rings (SSSR count). The van der Waals surface area contributed by atoms with Crippen LogP contribution in [0.25, 0.3) is 0 Å². The van der Waals surface area contributed by atoms with Gasteiger partial charge in [-0.1, -0.05) is 54.6 Å². The molecular formula is C23H20N2O2P+. The lowest BCUT2D eigenvalue weighted by Gasteiger charge is -2.26. The summed E-state index contributed by atoms with van der Waals surface area (Å²) in [6.07, 6.45) is 0. The van der Waals surface area contributed by atoms with E-state index in [4.69, 9.17) is 0 Å². The number of nitriles is 1. The number of amides is 1. The number of allylic oxidation sites excluding steroid dienone is 1. The van der Waals surface area contributed by atoms with Crippen molar-refractivity contribution in [1.82, 2.24) is 5.32 Å². The summed E-state index contributed by atoms with van der Waals surface area (Å²) in [5, 5.41) is 26.2. The van der Waals surface area contributed by atoms with Gasteiger partial charge in [0.25, 0.3) is 0 Å². The minimum Gasteiger partial charge on any atom is -0.491 e. The number of nitrogens with one attached hydrogen (secondary N) is 1. The van der Waals surface area contributed by atoms with Gasteiger partial charge in [0.15, 0.2) is 7.26 Å². The van der Waals surface area contributed by atoms with E-state index in [1.54, 1.807) is 0 Å². The van der Waals surface area contributed by atoms with Crippen molar-refractivity contribution in [2.24, 2.45) is 0 Å². The van der Waals surface area contributed by atoms with Crippen molar-refractivity contribution in [3.05, 3.63) is 102 Å². The maximum Gasteiger partial charge on any atom is 0.247 e. The molecule has 0 heterocycles. The number of rotatable bonds is 5. The van der Waals surface area contributed by atoms with Crippen LogP contribution in [0.1, 0.15) is 6.92 Å². The van der Waals surface area contributed by atoms with E-state index in [1.165, 1.54) is 6.92 Å². The molecule has 138 valence electrons. The third kappa shape index (κ3) is 3.53. The summed E-state index contributed by atoms with van der Waals surface area (Å²) in [5.74, 6) is -0.836. The van der Waals surface area contributed by atoms with E-state index in [2.05, 4.69) is 11.4 Å². The van der Waals surface area contributed by atoms with E-state index in [0.29, 0.717) is 0 Å². The van der Waals surface area contributed by atoms with Crippen LogP contribution in [0.4, 0.5) is 0 Å². The summed E-state index contributed by atoms with van der Waals surface area (Å²) in [5.41, 5.74) is 0. The van der Waals surface area contributed by atoms with E-state index < -0.39 is 19.1 Å². The largest absolute Gasteiger partial charge is 0.491 e. The van der Waals surface area contributed by atoms with E-state index in [0.717, 1.165) is 15.9 Å². The zero-order valence-electron chi connectivity index (χ0n) is 15.4. The van der Waals surface area contributed by atoms with Crippen LogP contribution in [-0.2, 0) is 4.79 Å². The van der Waals surface area contributed by atoms with Crippen molar-refractivity contribution in [3.8, 4) is 6.07 Å². The molecule has 0 saturated heterocycles. The molecule has 0 aliphatic heterocycles. The van der Waals surface area contributed by atoms with Crippen molar-refractivity contribution < 1.29 is 9.90 Å². The molecule has 0 aromatic heterocycles. The molecule has 0 unspecified atom stereocenters. The number of carbonyl (C=O) groups excluding carboxylic acids is 1. The molecular weight excluding hydrogens is 367 g/mol. The summed E-state index contributed by atoms with van der Waals surface area (Å²) >= 11 is 0. The van der Waals surface area contributed by atoms with Gasteiger partial charge in [-0.25, -0.2) is 0 Å². The number of benzene rings is 3. The molecule has 0 aliphatic carbocycles. The zero-order chi connectivity index (χ0) is 20.0. The smallest absolute Gasteiger partial charge is 0.247 e. The molecule has 1 amide bonds. The zero-order valence-corrected chi connectivity index (χ0v) is 16.3. The summed E-state index contributed by atoms with van der Waals surface area (Å²) in [4.78, 5) is 11.6. The highest BCUT2D eigenvalue weighted by Gasteiger charge is 2.52. The lowest BCUT2D eigenvalue weighted by atomic mass is 10.3. The van der Waals surface area contributed by atoms with E-state index >= 15 is 0 Å². The molecule has 0 atom stereocenters. The van der Waals surface area contributed by atoms with Crippen molar-refractivity contribution in [3.63, 3.8) is 0 Å². The Bertz CT molecular complexity index is 930. The molecule has 3 aromatic rings. The number of aliphatic hydroxyl groups is 1. The third-order valence-corrected chi connectivity index (χ3v) is 8.59. The van der Waals surface area contributed by atoms with Crippen LogP contribution in [-0.4, -0.2) is 11.0 Å². The Hall–Kier alpha value is -3.41. The van der Waals surface area contributed by atoms with Gasteiger partial charge in [-0.15, -0.1) is 0 Å². The highest BCUT2D eigenvalue weighted by molar-refractivity contribution is 7.99. The minimum absolute atomic E-state index is 0.159. The Morgan fingerprint density at radius 1 is 0.821 bits per heavy atom. The maximum atomic E-state index is 11.6. The first-order chi connectivity index (χ1) is 13.6. The fraction of sp³-hybridized carbons (Fsp3) is 0.0435. The molecule has 4 nitrogen and oxygen atoms in total. The van der Waals surface area contributed by atoms with Gasteiger partial charge in [0.1, 0.15) is 22.0 Å². The molecule has 28 heavy (non-hydrogen) atoms. The summed E-state index contributed by atoms with van der Waals surface area (Å²) < 4.78 is 0. The first-order valence-corrected chi connectivity index (χ1v) is 10.6. The van der Waals surface area contributed by atoms with E-state index in [-0.39, 0.29) is 5.31 Å². The Labute approximate surface area is 165 Å². The second kappa shape index (κ2) is 8.52. The number of nitrogens with zero attached hydrogens (tertiary/aromatic N) is 1. The normalized spacial score (nSPS) is 11.9. The minimum atomic E-state index is -2.72. The molecule has 3 aromatic carbocycles. The van der Waals surface area contributed by atoms with Gasteiger partial charge in [0.2, 0.25) is 17.1 Å². The molecule has 0 bridgehead atoms. The van der Waals surface area contributed by atoms with E-state index in [1.807, 2.05) is 91.0 Å². The Morgan fingerprint density at radius 2 is 1.18 bits per heavy atom. The fourth-order valence-electron chi connectivity index (χ4n) is 3.30. The van der Waals surface area contributed by atoms with Gasteiger partial charge in [0.05, 0.1) is 0 Å². The summed E-state index contributed by atoms with van der Waals surface area (Å²) in [6.45, 7) is 1.30. The fourth-order valence-corrected chi connectivity index (χ4v) is 7.35. The molecule has 2 N–H and O–H groups in total. The summed E-state index contributed by atoms with van der Waals surface area (Å²) in [7, 11) is -2.72. The van der Waals surface area contributed by atoms with Crippen LogP contribution in [0.15, 0.2) is 102 Å². The van der Waals surface area contributed by atoms with Gasteiger partial charge in [-0.05, 0) is 36.4 Å². The van der Waals surface area contributed by atoms with Crippen LogP contribution < -0.4 is 21.2 Å². The van der Waals surface area contributed by atoms with Crippen LogP contribution in [0.5, 0.6) is 0 Å². The average molecular weight is 387 g/mol. The molecule has 0 spiro atoms. The van der Waals surface area contributed by atoms with Crippen molar-refractivity contribution in [1.29, 1.82) is 5.26 Å². The van der Waals surface area contributed by atoms with Gasteiger partial charge in [-0.3, -0.25) is 10.1 Å². The Morgan fingerprint density at radius 3 is 1.46 bits per heavy atom. The molecule has 5 heteroatoms. The van der Waals surface area contributed by atoms with Crippen LogP contribution in [0.3, 0.4) is 0 Å².